The van der Waals surface area contributed by atoms with Crippen LogP contribution in [0.25, 0.3) is 17.4 Å². The van der Waals surface area contributed by atoms with Gasteiger partial charge in [-0.15, -0.1) is 0 Å². The smallest absolute Gasteiger partial charge is 0.311 e. The quantitative estimate of drug-likeness (QED) is 0.0118. The number of nitrogens with zero attached hydrogens (tertiary/aromatic N) is 3. The van der Waals surface area contributed by atoms with E-state index < -0.39 is 69.3 Å². The third kappa shape index (κ3) is 19.5. The van der Waals surface area contributed by atoms with E-state index in [0.29, 0.717) is 106 Å². The van der Waals surface area contributed by atoms with E-state index in [0.717, 1.165) is 23.3 Å². The van der Waals surface area contributed by atoms with Crippen LogP contribution in [0.1, 0.15) is 89.5 Å². The van der Waals surface area contributed by atoms with Crippen LogP contribution >= 0.6 is 0 Å². The fourth-order valence-corrected chi connectivity index (χ4v) is 11.4. The van der Waals surface area contributed by atoms with Crippen LogP contribution in [-0.4, -0.2) is 150 Å². The SMILES string of the molecule is COCCOCCOCCOCC[N+](CCCS(=O)(=O)O)=c1ccc2c(/C=C/C=C3\N(CCCCCC(=O)Oc4ccc(S(=O)(=O)O)cc4)c4ccc(S(=O)(=O)O)cc4C3(C)CCCS(=O)(=O)OC3C=N3)cc(C(C)(C)C)oc-2c1. The highest BCUT2D eigenvalue weighted by Gasteiger charge is 2.44. The minimum absolute atomic E-state index is 0.0270. The highest BCUT2D eigenvalue weighted by atomic mass is 32.2. The second kappa shape index (κ2) is 28.2. The topological polar surface area (TPSA) is 301 Å². The lowest BCUT2D eigenvalue weighted by atomic mass is 9.77. The van der Waals surface area contributed by atoms with Gasteiger partial charge in [0.25, 0.3) is 40.5 Å². The molecule has 0 bridgehead atoms. The van der Waals surface area contributed by atoms with Crippen molar-refractivity contribution in [1.82, 2.24) is 4.58 Å². The Morgan fingerprint density at radius 3 is 2.04 bits per heavy atom. The Hall–Kier alpha value is -5.23. The van der Waals surface area contributed by atoms with E-state index in [9.17, 15) is 52.1 Å². The maximum Gasteiger partial charge on any atom is 0.311 e. The van der Waals surface area contributed by atoms with E-state index in [-0.39, 0.29) is 60.1 Å². The lowest BCUT2D eigenvalue weighted by Crippen LogP contribution is -2.35. The van der Waals surface area contributed by atoms with Gasteiger partial charge in [-0.05, 0) is 104 Å². The molecule has 0 radical (unpaired) electrons. The Balaban J connectivity index is 1.31. The van der Waals surface area contributed by atoms with Gasteiger partial charge in [0.15, 0.2) is 6.54 Å². The van der Waals surface area contributed by atoms with Gasteiger partial charge >= 0.3 is 5.97 Å². The molecule has 3 N–H and O–H groups in total. The molecule has 2 unspecified atom stereocenters. The third-order valence-electron chi connectivity index (χ3n) is 13.1. The average molecular weight is 1200 g/mol. The molecule has 6 rings (SSSR count). The molecule has 80 heavy (non-hydrogen) atoms. The lowest BCUT2D eigenvalue weighted by Gasteiger charge is -2.30. The van der Waals surface area contributed by atoms with E-state index in [1.807, 2.05) is 79.7 Å². The number of methoxy groups -OCH3 is 1. The second-order valence-electron chi connectivity index (χ2n) is 20.4. The van der Waals surface area contributed by atoms with E-state index in [4.69, 9.17) is 32.3 Å². The van der Waals surface area contributed by atoms with Crippen molar-refractivity contribution in [3.8, 4) is 17.1 Å². The summed E-state index contributed by atoms with van der Waals surface area (Å²) in [7, 11) is -15.7. The van der Waals surface area contributed by atoms with Gasteiger partial charge in [0.1, 0.15) is 30.4 Å². The molecule has 2 aromatic carbocycles. The predicted molar refractivity (Wildman–Crippen MR) is 299 cm³/mol. The van der Waals surface area contributed by atoms with Gasteiger partial charge < -0.3 is 33.0 Å². The zero-order chi connectivity index (χ0) is 58.4. The molecule has 0 spiro atoms. The van der Waals surface area contributed by atoms with Crippen molar-refractivity contribution in [2.24, 2.45) is 4.99 Å². The van der Waals surface area contributed by atoms with Crippen molar-refractivity contribution in [1.29, 1.82) is 0 Å². The van der Waals surface area contributed by atoms with Gasteiger partial charge in [-0.25, -0.2) is 8.76 Å². The van der Waals surface area contributed by atoms with Gasteiger partial charge in [0, 0.05) is 60.3 Å². The Morgan fingerprint density at radius 2 is 1.41 bits per heavy atom. The number of esters is 1. The minimum Gasteiger partial charge on any atom is -0.460 e. The first kappa shape index (κ1) is 63.9. The number of hydrogen-bond donors (Lipinski definition) is 3. The second-order valence-corrected chi connectivity index (χ2v) is 26.5. The number of ether oxygens (including phenoxy) is 5. The Kier molecular flexibility index (Phi) is 22.5. The Bertz CT molecular complexity index is 3360. The molecule has 4 aliphatic rings. The van der Waals surface area contributed by atoms with Crippen LogP contribution in [0.4, 0.5) is 5.69 Å². The van der Waals surface area contributed by atoms with E-state index >= 15 is 0 Å². The molecule has 2 aromatic rings. The first-order valence-electron chi connectivity index (χ1n) is 26.0. The molecule has 0 aromatic heterocycles. The molecule has 3 aliphatic heterocycles. The molecular formula is C54H72N3O19S4+. The standard InChI is InChI=1S/C54H71N3O19S4/c1-53(2,3)50-36-40(45-21-15-41(37-48(45)75-50)56(24-11-34-77(59,60)61)26-27-71-30-31-73-33-32-72-29-28-70-5)12-9-13-49-54(4,23-10-35-78(62,63)76-51-39-55-51)46-38-44(80(67,68)69)20-22-47(46)57(49)25-8-6-7-14-52(58)74-42-16-18-43(19-17-42)79(64,65)66/h9,12-13,15-22,36-39,51H,6-8,10-11,14,23-35H2,1-5H3,(H2-,59,60,61,64,65,66,67,68,69)/p+1. The van der Waals surface area contributed by atoms with Crippen molar-refractivity contribution in [2.75, 3.05) is 89.4 Å². The number of carbonyl (C=O) groups is 1. The molecule has 22 nitrogen and oxygen atoms in total. The first-order valence-corrected chi connectivity index (χ1v) is 32.1. The van der Waals surface area contributed by atoms with Gasteiger partial charge in [0.05, 0.1) is 73.2 Å². The molecule has 3 heterocycles. The van der Waals surface area contributed by atoms with Crippen LogP contribution in [0, 0.1) is 0 Å². The Labute approximate surface area is 468 Å². The van der Waals surface area contributed by atoms with Crippen molar-refractivity contribution in [2.45, 2.75) is 99.5 Å². The summed E-state index contributed by atoms with van der Waals surface area (Å²) in [5, 5.41) is 0.717. The molecule has 0 saturated heterocycles. The predicted octanol–water partition coefficient (Wildman–Crippen LogP) is 6.30. The summed E-state index contributed by atoms with van der Waals surface area (Å²) < 4.78 is 167. The molecule has 440 valence electrons. The van der Waals surface area contributed by atoms with Crippen LogP contribution in [0.3, 0.4) is 0 Å². The summed E-state index contributed by atoms with van der Waals surface area (Å²) in [5.74, 6) is -0.0721. The summed E-state index contributed by atoms with van der Waals surface area (Å²) in [5.41, 5.74) is 1.86. The van der Waals surface area contributed by atoms with E-state index in [1.165, 1.54) is 30.5 Å². The summed E-state index contributed by atoms with van der Waals surface area (Å²) in [6, 6.07) is 16.7. The Morgan fingerprint density at radius 1 is 0.762 bits per heavy atom. The number of unbranched alkanes of at least 4 members (excludes halogenated alkanes) is 2. The number of rotatable bonds is 33. The fraction of sp³-hybridized carbons (Fsp3) is 0.500. The van der Waals surface area contributed by atoms with Crippen LogP contribution < -0.4 is 19.6 Å². The number of benzene rings is 3. The zero-order valence-corrected chi connectivity index (χ0v) is 48.8. The molecule has 0 saturated carbocycles. The van der Waals surface area contributed by atoms with Gasteiger partial charge in [0.2, 0.25) is 11.6 Å². The maximum absolute atomic E-state index is 13.0. The zero-order valence-electron chi connectivity index (χ0n) is 45.5. The van der Waals surface area contributed by atoms with Crippen LogP contribution in [-0.2, 0) is 79.2 Å². The number of fused-ring (bicyclic) bond motifs is 2. The number of hydrogen-bond acceptors (Lipinski definition) is 18. The van der Waals surface area contributed by atoms with Crippen molar-refractivity contribution in [3.05, 3.63) is 107 Å². The molecular weight excluding hydrogens is 1120 g/mol. The number of carbonyl (C=O) groups excluding carboxylic acids is 1. The summed E-state index contributed by atoms with van der Waals surface area (Å²) >= 11 is 0. The maximum atomic E-state index is 13.0. The number of aliphatic imine (C=N–C) groups is 1. The molecule has 0 amide bonds. The highest BCUT2D eigenvalue weighted by Crippen LogP contribution is 2.51. The first-order chi connectivity index (χ1) is 37.7. The van der Waals surface area contributed by atoms with Gasteiger partial charge in [-0.3, -0.25) is 23.4 Å². The van der Waals surface area contributed by atoms with Crippen LogP contribution in [0.15, 0.2) is 104 Å². The lowest BCUT2D eigenvalue weighted by molar-refractivity contribution is -0.134. The minimum atomic E-state index is -4.67. The normalized spacial score (nSPS) is 17.7. The van der Waals surface area contributed by atoms with Crippen molar-refractivity contribution >= 4 is 64.4 Å². The molecule has 1 aliphatic carbocycles. The van der Waals surface area contributed by atoms with E-state index in [2.05, 4.69) is 4.99 Å². The fourth-order valence-electron chi connectivity index (χ4n) is 8.97. The largest absolute Gasteiger partial charge is 0.460 e. The van der Waals surface area contributed by atoms with Crippen molar-refractivity contribution < 1.29 is 84.4 Å². The monoisotopic (exact) mass is 1190 g/mol. The molecule has 2 atom stereocenters. The molecule has 26 heteroatoms. The van der Waals surface area contributed by atoms with E-state index in [1.54, 1.807) is 13.2 Å². The summed E-state index contributed by atoms with van der Waals surface area (Å²) in [4.78, 5) is 17.9. The van der Waals surface area contributed by atoms with Crippen LogP contribution in [0.5, 0.6) is 5.75 Å². The van der Waals surface area contributed by atoms with Gasteiger partial charge in [-0.2, -0.15) is 33.7 Å². The van der Waals surface area contributed by atoms with Crippen molar-refractivity contribution in [3.63, 3.8) is 0 Å². The summed E-state index contributed by atoms with van der Waals surface area (Å²) in [6.07, 6.45) is 8.11. The number of anilines is 1. The number of allylic oxidation sites excluding steroid dienone is 3. The summed E-state index contributed by atoms with van der Waals surface area (Å²) in [6.45, 7) is 11.6. The van der Waals surface area contributed by atoms with Gasteiger partial charge in [-0.1, -0.05) is 39.3 Å². The third-order valence-corrected chi connectivity index (χ3v) is 16.9. The average Bonchev–Trinajstić information content (AvgIpc) is 4.31. The molecule has 0 fully saturated rings. The highest BCUT2D eigenvalue weighted by molar-refractivity contribution is 7.87. The van der Waals surface area contributed by atoms with Crippen LogP contribution in [0.2, 0.25) is 0 Å².